The second-order valence-corrected chi connectivity index (χ2v) is 10.1. The Morgan fingerprint density at radius 1 is 0.268 bits per heavy atom. The summed E-state index contributed by atoms with van der Waals surface area (Å²) in [5, 5.41) is 0.843. The van der Waals surface area contributed by atoms with Gasteiger partial charge in [0.2, 0.25) is 0 Å². The quantitative estimate of drug-likeness (QED) is 0.0686. The van der Waals surface area contributed by atoms with Gasteiger partial charge < -0.3 is 47.4 Å². The Morgan fingerprint density at radius 2 is 0.488 bits per heavy atom. The topological polar surface area (TPSA) is 92.3 Å². The Kier molecular flexibility index (Phi) is 40.2. The predicted octanol–water partition coefficient (Wildman–Crippen LogP) is 4.69. The molecule has 0 aliphatic rings. The molecule has 0 saturated heterocycles. The first kappa shape index (κ1) is 41.1. The van der Waals surface area contributed by atoms with Crippen molar-refractivity contribution in [1.82, 2.24) is 0 Å². The molecule has 0 atom stereocenters. The molecule has 0 unspecified atom stereocenters. The molecule has 0 aliphatic heterocycles. The van der Waals surface area contributed by atoms with Crippen molar-refractivity contribution in [2.45, 2.75) is 58.3 Å². The van der Waals surface area contributed by atoms with Crippen LogP contribution in [0.25, 0.3) is 0 Å². The predicted molar refractivity (Wildman–Crippen MR) is 165 cm³/mol. The summed E-state index contributed by atoms with van der Waals surface area (Å²) in [7, 11) is 0. The van der Waals surface area contributed by atoms with E-state index in [0.717, 1.165) is 18.4 Å². The van der Waals surface area contributed by atoms with Gasteiger partial charge in [0, 0.05) is 11.9 Å². The first-order chi connectivity index (χ1) is 20.4. The fraction of sp³-hybridized carbons (Fsp3) is 1.00. The van der Waals surface area contributed by atoms with Crippen molar-refractivity contribution in [3.05, 3.63) is 0 Å². The lowest BCUT2D eigenvalue weighted by Gasteiger charge is -2.09. The first-order valence-corrected chi connectivity index (χ1v) is 16.9. The summed E-state index contributed by atoms with van der Waals surface area (Å²) in [4.78, 5) is 0. The molecule has 10 nitrogen and oxygen atoms in total. The lowest BCUT2D eigenvalue weighted by atomic mass is 10.1. The van der Waals surface area contributed by atoms with Crippen molar-refractivity contribution in [3.63, 3.8) is 0 Å². The smallest absolute Gasteiger partial charge is 0.0701 e. The van der Waals surface area contributed by atoms with Crippen LogP contribution in [-0.4, -0.2) is 137 Å². The van der Waals surface area contributed by atoms with Gasteiger partial charge in [0.05, 0.1) is 126 Å². The molecule has 0 rings (SSSR count). The highest BCUT2D eigenvalue weighted by Crippen LogP contribution is 2.08. The second-order valence-electron chi connectivity index (χ2n) is 9.29. The zero-order chi connectivity index (χ0) is 29.6. The van der Waals surface area contributed by atoms with Gasteiger partial charge in [-0.05, 0) is 6.42 Å². The number of ether oxygens (including phenoxy) is 10. The molecule has 0 radical (unpaired) electrons. The fourth-order valence-electron chi connectivity index (χ4n) is 3.47. The molecule has 0 saturated carbocycles. The van der Waals surface area contributed by atoms with Gasteiger partial charge >= 0.3 is 0 Å². The van der Waals surface area contributed by atoms with E-state index >= 15 is 0 Å². The SMILES string of the molecule is CCCCCCCCCCOCCOCCOCCOCCOCCOCCOCCOCCOCCOCCBr. The van der Waals surface area contributed by atoms with Gasteiger partial charge in [-0.25, -0.2) is 0 Å². The molecule has 0 heterocycles. The first-order valence-electron chi connectivity index (χ1n) is 15.7. The van der Waals surface area contributed by atoms with Gasteiger partial charge in [0.25, 0.3) is 0 Å². The van der Waals surface area contributed by atoms with E-state index in [0.29, 0.717) is 126 Å². The van der Waals surface area contributed by atoms with Gasteiger partial charge in [-0.2, -0.15) is 0 Å². The van der Waals surface area contributed by atoms with E-state index in [1.54, 1.807) is 0 Å². The van der Waals surface area contributed by atoms with Crippen LogP contribution in [0.4, 0.5) is 0 Å². The summed E-state index contributed by atoms with van der Waals surface area (Å²) in [5.74, 6) is 0. The summed E-state index contributed by atoms with van der Waals surface area (Å²) in [6, 6.07) is 0. The molecule has 0 spiro atoms. The number of alkyl halides is 1. The van der Waals surface area contributed by atoms with E-state index in [4.69, 9.17) is 47.4 Å². The zero-order valence-electron chi connectivity index (χ0n) is 26.0. The lowest BCUT2D eigenvalue weighted by Crippen LogP contribution is -2.15. The third-order valence-corrected chi connectivity index (χ3v) is 6.04. The molecule has 0 aromatic carbocycles. The Bertz CT molecular complexity index is 413. The van der Waals surface area contributed by atoms with Crippen LogP contribution in [0, 0.1) is 0 Å². The molecule has 0 aromatic rings. The van der Waals surface area contributed by atoms with E-state index < -0.39 is 0 Å². The number of hydrogen-bond acceptors (Lipinski definition) is 10. The summed E-state index contributed by atoms with van der Waals surface area (Å²) in [6.07, 6.45) is 10.6. The number of rotatable bonds is 38. The summed E-state index contributed by atoms with van der Waals surface area (Å²) >= 11 is 3.30. The van der Waals surface area contributed by atoms with Gasteiger partial charge in [0.1, 0.15) is 0 Å². The second kappa shape index (κ2) is 40.1. The van der Waals surface area contributed by atoms with E-state index in [9.17, 15) is 0 Å². The van der Waals surface area contributed by atoms with Crippen molar-refractivity contribution < 1.29 is 47.4 Å². The van der Waals surface area contributed by atoms with Crippen LogP contribution in [-0.2, 0) is 47.4 Å². The molecule has 0 amide bonds. The van der Waals surface area contributed by atoms with Gasteiger partial charge in [0.15, 0.2) is 0 Å². The monoisotopic (exact) mass is 660 g/mol. The van der Waals surface area contributed by atoms with Crippen LogP contribution in [0.2, 0.25) is 0 Å². The third kappa shape index (κ3) is 40.1. The van der Waals surface area contributed by atoms with Crippen molar-refractivity contribution >= 4 is 15.9 Å². The Labute approximate surface area is 258 Å². The highest BCUT2D eigenvalue weighted by molar-refractivity contribution is 9.09. The van der Waals surface area contributed by atoms with Crippen molar-refractivity contribution in [3.8, 4) is 0 Å². The van der Waals surface area contributed by atoms with Gasteiger partial charge in [-0.3, -0.25) is 0 Å². The zero-order valence-corrected chi connectivity index (χ0v) is 27.6. The van der Waals surface area contributed by atoms with Crippen molar-refractivity contribution in [2.75, 3.05) is 137 Å². The highest BCUT2D eigenvalue weighted by Gasteiger charge is 1.96. The molecule has 41 heavy (non-hydrogen) atoms. The van der Waals surface area contributed by atoms with Crippen LogP contribution in [0.15, 0.2) is 0 Å². The minimum absolute atomic E-state index is 0.532. The van der Waals surface area contributed by atoms with Crippen LogP contribution < -0.4 is 0 Å². The molecule has 0 aromatic heterocycles. The maximum atomic E-state index is 5.62. The lowest BCUT2D eigenvalue weighted by molar-refractivity contribution is -0.0262. The van der Waals surface area contributed by atoms with Crippen LogP contribution in [0.3, 0.4) is 0 Å². The molecular weight excluding hydrogens is 600 g/mol. The van der Waals surface area contributed by atoms with Crippen LogP contribution in [0.1, 0.15) is 58.3 Å². The molecule has 11 heteroatoms. The highest BCUT2D eigenvalue weighted by atomic mass is 79.9. The summed E-state index contributed by atoms with van der Waals surface area (Å²) < 4.78 is 54.7. The van der Waals surface area contributed by atoms with Gasteiger partial charge in [-0.15, -0.1) is 0 Å². The molecule has 0 aliphatic carbocycles. The normalized spacial score (nSPS) is 11.6. The fourth-order valence-corrected chi connectivity index (χ4v) is 3.70. The van der Waals surface area contributed by atoms with Crippen LogP contribution >= 0.6 is 15.9 Å². The average molecular weight is 662 g/mol. The Morgan fingerprint density at radius 3 is 0.756 bits per heavy atom. The average Bonchev–Trinajstić information content (AvgIpc) is 2.98. The van der Waals surface area contributed by atoms with E-state index in [1.807, 2.05) is 0 Å². The minimum atomic E-state index is 0.532. The Balaban J connectivity index is 3.02. The third-order valence-electron chi connectivity index (χ3n) is 5.71. The maximum Gasteiger partial charge on any atom is 0.0701 e. The molecule has 0 bridgehead atoms. The van der Waals surface area contributed by atoms with E-state index in [1.165, 1.54) is 44.9 Å². The molecule has 0 fully saturated rings. The van der Waals surface area contributed by atoms with Crippen molar-refractivity contribution in [1.29, 1.82) is 0 Å². The number of hydrogen-bond donors (Lipinski definition) is 0. The molecule has 0 N–H and O–H groups in total. The summed E-state index contributed by atoms with van der Waals surface area (Å²) in [6.45, 7) is 13.9. The van der Waals surface area contributed by atoms with Gasteiger partial charge in [-0.1, -0.05) is 67.8 Å². The van der Waals surface area contributed by atoms with E-state index in [-0.39, 0.29) is 0 Å². The summed E-state index contributed by atoms with van der Waals surface area (Å²) in [5.41, 5.74) is 0. The minimum Gasteiger partial charge on any atom is -0.379 e. The standard InChI is InChI=1S/C30H61BrO10/c1-2-3-4-5-6-7-8-9-11-32-13-15-34-17-19-36-21-23-38-25-27-40-29-30-41-28-26-39-24-22-37-20-18-35-16-14-33-12-10-31/h2-30H2,1H3. The van der Waals surface area contributed by atoms with E-state index in [2.05, 4.69) is 22.9 Å². The number of halogens is 1. The van der Waals surface area contributed by atoms with Crippen molar-refractivity contribution in [2.24, 2.45) is 0 Å². The number of unbranched alkanes of at least 4 members (excludes halogenated alkanes) is 7. The maximum absolute atomic E-state index is 5.62. The molecule has 248 valence electrons. The molecular formula is C30H61BrO10. The largest absolute Gasteiger partial charge is 0.379 e. The Hall–Kier alpha value is 0.0800. The van der Waals surface area contributed by atoms with Crippen LogP contribution in [0.5, 0.6) is 0 Å².